The van der Waals surface area contributed by atoms with Gasteiger partial charge in [-0.1, -0.05) is 23.7 Å². The first-order chi connectivity index (χ1) is 7.67. The summed E-state index contributed by atoms with van der Waals surface area (Å²) < 4.78 is 0. The summed E-state index contributed by atoms with van der Waals surface area (Å²) in [5.74, 6) is 0.00630. The Morgan fingerprint density at radius 2 is 1.88 bits per heavy atom. The van der Waals surface area contributed by atoms with Crippen molar-refractivity contribution in [2.75, 3.05) is 25.0 Å². The molecule has 3 nitrogen and oxygen atoms in total. The molecular formula is C12H18Cl2N2O. The molecule has 0 fully saturated rings. The van der Waals surface area contributed by atoms with Crippen LogP contribution in [-0.4, -0.2) is 25.5 Å². The van der Waals surface area contributed by atoms with Gasteiger partial charge in [0.15, 0.2) is 6.54 Å². The highest BCUT2D eigenvalue weighted by atomic mass is 35.5. The van der Waals surface area contributed by atoms with Gasteiger partial charge in [0, 0.05) is 0 Å². The number of rotatable bonds is 5. The van der Waals surface area contributed by atoms with Gasteiger partial charge in [-0.25, -0.2) is 0 Å². The second-order valence-corrected chi connectivity index (χ2v) is 4.07. The summed E-state index contributed by atoms with van der Waals surface area (Å²) in [5.41, 5.74) is 0.681. The summed E-state index contributed by atoms with van der Waals surface area (Å²) in [5, 5.41) is 3.39. The van der Waals surface area contributed by atoms with E-state index in [-0.39, 0.29) is 18.3 Å². The number of nitrogens with one attached hydrogen (secondary N) is 2. The number of likely N-dealkylation sites (N-methyl/N-ethyl adjacent to an activating group) is 1. The highest BCUT2D eigenvalue weighted by Crippen LogP contribution is 2.19. The Morgan fingerprint density at radius 1 is 1.29 bits per heavy atom. The average molecular weight is 277 g/mol. The molecular weight excluding hydrogens is 259 g/mol. The van der Waals surface area contributed by atoms with Crippen LogP contribution in [0.25, 0.3) is 0 Å². The Morgan fingerprint density at radius 3 is 2.41 bits per heavy atom. The molecule has 17 heavy (non-hydrogen) atoms. The lowest BCUT2D eigenvalue weighted by atomic mass is 10.3. The van der Waals surface area contributed by atoms with Crippen molar-refractivity contribution in [3.05, 3.63) is 29.3 Å². The van der Waals surface area contributed by atoms with Gasteiger partial charge in [-0.15, -0.1) is 0 Å². The molecule has 1 amide bonds. The van der Waals surface area contributed by atoms with E-state index in [1.165, 1.54) is 4.90 Å². The van der Waals surface area contributed by atoms with Gasteiger partial charge >= 0.3 is 0 Å². The van der Waals surface area contributed by atoms with E-state index in [2.05, 4.69) is 19.2 Å². The summed E-state index contributed by atoms with van der Waals surface area (Å²) in [6.45, 7) is 6.53. The van der Waals surface area contributed by atoms with Crippen LogP contribution in [0, 0.1) is 0 Å². The zero-order valence-corrected chi connectivity index (χ0v) is 11.6. The van der Waals surface area contributed by atoms with E-state index >= 15 is 0 Å². The molecule has 0 saturated carbocycles. The Balaban J connectivity index is 0.00000256. The van der Waals surface area contributed by atoms with Crippen molar-refractivity contribution < 1.29 is 22.1 Å². The van der Waals surface area contributed by atoms with Gasteiger partial charge in [0.25, 0.3) is 5.91 Å². The molecule has 0 atom stereocenters. The van der Waals surface area contributed by atoms with Crippen molar-refractivity contribution in [2.24, 2.45) is 0 Å². The molecule has 2 N–H and O–H groups in total. The molecule has 0 spiro atoms. The third kappa shape index (κ3) is 5.39. The Hall–Kier alpha value is -0.770. The normalized spacial score (nSPS) is 9.88. The van der Waals surface area contributed by atoms with Crippen LogP contribution < -0.4 is 22.6 Å². The predicted molar refractivity (Wildman–Crippen MR) is 67.0 cm³/mol. The molecule has 0 bridgehead atoms. The SMILES string of the molecule is CC[NH+](CC)CC(=O)Nc1ccccc1Cl.[Cl-]. The Labute approximate surface area is 114 Å². The zero-order chi connectivity index (χ0) is 12.0. The van der Waals surface area contributed by atoms with Crippen LogP contribution in [0.3, 0.4) is 0 Å². The molecule has 0 saturated heterocycles. The fraction of sp³-hybridized carbons (Fsp3) is 0.417. The zero-order valence-electron chi connectivity index (χ0n) is 10.1. The Bertz CT molecular complexity index is 354. The lowest BCUT2D eigenvalue weighted by molar-refractivity contribution is -0.888. The first kappa shape index (κ1) is 16.2. The van der Waals surface area contributed by atoms with Crippen molar-refractivity contribution >= 4 is 23.2 Å². The standard InChI is InChI=1S/C12H17ClN2O.ClH/c1-3-15(4-2)9-12(16)14-11-8-6-5-7-10(11)13;/h5-8H,3-4,9H2,1-2H3,(H,14,16);1H. The van der Waals surface area contributed by atoms with E-state index in [0.29, 0.717) is 17.3 Å². The number of para-hydroxylation sites is 1. The number of hydrogen-bond donors (Lipinski definition) is 2. The maximum atomic E-state index is 11.7. The molecule has 0 radical (unpaired) electrons. The molecule has 1 aromatic rings. The second kappa shape index (κ2) is 8.34. The maximum Gasteiger partial charge on any atom is 0.279 e. The van der Waals surface area contributed by atoms with Crippen molar-refractivity contribution in [3.8, 4) is 0 Å². The molecule has 0 aliphatic rings. The fourth-order valence-corrected chi connectivity index (χ4v) is 1.67. The lowest BCUT2D eigenvalue weighted by Crippen LogP contribution is -3.12. The summed E-state index contributed by atoms with van der Waals surface area (Å²) in [6, 6.07) is 7.26. The van der Waals surface area contributed by atoms with Crippen LogP contribution in [-0.2, 0) is 4.79 Å². The number of carbonyl (C=O) groups excluding carboxylic acids is 1. The van der Waals surface area contributed by atoms with E-state index < -0.39 is 0 Å². The molecule has 0 heterocycles. The van der Waals surface area contributed by atoms with Crippen molar-refractivity contribution in [3.63, 3.8) is 0 Å². The van der Waals surface area contributed by atoms with Crippen LogP contribution in [0.2, 0.25) is 5.02 Å². The minimum atomic E-state index is 0. The van der Waals surface area contributed by atoms with Crippen LogP contribution in [0.1, 0.15) is 13.8 Å². The largest absolute Gasteiger partial charge is 1.00 e. The first-order valence-corrected chi connectivity index (χ1v) is 5.93. The van der Waals surface area contributed by atoms with Gasteiger partial charge in [-0.05, 0) is 26.0 Å². The highest BCUT2D eigenvalue weighted by Gasteiger charge is 2.11. The number of benzene rings is 1. The Kier molecular flexibility index (Phi) is 7.96. The second-order valence-electron chi connectivity index (χ2n) is 3.66. The molecule has 1 aromatic carbocycles. The third-order valence-corrected chi connectivity index (χ3v) is 2.89. The quantitative estimate of drug-likeness (QED) is 0.655. The molecule has 0 aromatic heterocycles. The topological polar surface area (TPSA) is 33.5 Å². The minimum absolute atomic E-state index is 0. The van der Waals surface area contributed by atoms with E-state index in [1.807, 2.05) is 12.1 Å². The fourth-order valence-electron chi connectivity index (χ4n) is 1.48. The molecule has 96 valence electrons. The number of anilines is 1. The molecule has 0 aliphatic carbocycles. The lowest BCUT2D eigenvalue weighted by Gasteiger charge is -2.15. The summed E-state index contributed by atoms with van der Waals surface area (Å²) >= 11 is 5.95. The molecule has 0 unspecified atom stereocenters. The van der Waals surface area contributed by atoms with E-state index in [4.69, 9.17) is 11.6 Å². The van der Waals surface area contributed by atoms with Gasteiger partial charge < -0.3 is 22.6 Å². The monoisotopic (exact) mass is 276 g/mol. The van der Waals surface area contributed by atoms with Gasteiger partial charge in [0.05, 0.1) is 23.8 Å². The first-order valence-electron chi connectivity index (χ1n) is 5.55. The van der Waals surface area contributed by atoms with Crippen LogP contribution in [0.5, 0.6) is 0 Å². The van der Waals surface area contributed by atoms with Crippen LogP contribution >= 0.6 is 11.6 Å². The molecule has 0 aliphatic heterocycles. The molecule has 5 heteroatoms. The van der Waals surface area contributed by atoms with Gasteiger partial charge in [-0.2, -0.15) is 0 Å². The predicted octanol–water partition coefficient (Wildman–Crippen LogP) is -1.79. The smallest absolute Gasteiger partial charge is 0.279 e. The van der Waals surface area contributed by atoms with Crippen LogP contribution in [0.4, 0.5) is 5.69 Å². The van der Waals surface area contributed by atoms with Crippen molar-refractivity contribution in [2.45, 2.75) is 13.8 Å². The minimum Gasteiger partial charge on any atom is -1.00 e. The van der Waals surface area contributed by atoms with E-state index in [1.54, 1.807) is 12.1 Å². The summed E-state index contributed by atoms with van der Waals surface area (Å²) in [4.78, 5) is 13.0. The number of halogens is 2. The van der Waals surface area contributed by atoms with E-state index in [9.17, 15) is 4.79 Å². The van der Waals surface area contributed by atoms with Crippen LogP contribution in [0.15, 0.2) is 24.3 Å². The number of hydrogen-bond acceptors (Lipinski definition) is 1. The summed E-state index contributed by atoms with van der Waals surface area (Å²) in [6.07, 6.45) is 0. The number of carbonyl (C=O) groups is 1. The van der Waals surface area contributed by atoms with E-state index in [0.717, 1.165) is 13.1 Å². The van der Waals surface area contributed by atoms with Gasteiger partial charge in [0.2, 0.25) is 0 Å². The number of amides is 1. The maximum absolute atomic E-state index is 11.7. The van der Waals surface area contributed by atoms with Crippen molar-refractivity contribution in [1.82, 2.24) is 0 Å². The highest BCUT2D eigenvalue weighted by molar-refractivity contribution is 6.33. The summed E-state index contributed by atoms with van der Waals surface area (Å²) in [7, 11) is 0. The molecule has 1 rings (SSSR count). The third-order valence-electron chi connectivity index (χ3n) is 2.56. The number of quaternary nitrogens is 1. The van der Waals surface area contributed by atoms with Gasteiger partial charge in [0.1, 0.15) is 0 Å². The van der Waals surface area contributed by atoms with Crippen molar-refractivity contribution in [1.29, 1.82) is 0 Å². The average Bonchev–Trinajstić information content (AvgIpc) is 2.29. The van der Waals surface area contributed by atoms with Gasteiger partial charge in [-0.3, -0.25) is 4.79 Å².